The molecule has 0 heterocycles. The largest absolute Gasteiger partial charge is 0.323 e. The number of hydrogen-bond acceptors (Lipinski definition) is 1. The molecule has 0 spiro atoms. The highest BCUT2D eigenvalue weighted by atomic mass is 28.3. The predicted molar refractivity (Wildman–Crippen MR) is 64.6 cm³/mol. The predicted octanol–water partition coefficient (Wildman–Crippen LogP) is 3.50. The molecule has 0 aromatic rings. The second-order valence-corrected chi connectivity index (χ2v) is 10.6. The SMILES string of the molecule is CC=CCN(C)[Si](C)(C)C(C)(C)C. The summed E-state index contributed by atoms with van der Waals surface area (Å²) >= 11 is 0. The monoisotopic (exact) mass is 199 g/mol. The highest BCUT2D eigenvalue weighted by molar-refractivity contribution is 6.77. The van der Waals surface area contributed by atoms with Crippen LogP contribution in [0.3, 0.4) is 0 Å². The molecular formula is C11H25NSi. The smallest absolute Gasteiger partial charge is 0.127 e. The van der Waals surface area contributed by atoms with Gasteiger partial charge in [-0.3, -0.25) is 0 Å². The van der Waals surface area contributed by atoms with Crippen molar-refractivity contribution < 1.29 is 0 Å². The van der Waals surface area contributed by atoms with Crippen LogP contribution in [0, 0.1) is 0 Å². The van der Waals surface area contributed by atoms with Gasteiger partial charge in [-0.25, -0.2) is 0 Å². The van der Waals surface area contributed by atoms with E-state index in [1.807, 2.05) is 0 Å². The first-order chi connectivity index (χ1) is 5.73. The molecular weight excluding hydrogens is 174 g/mol. The van der Waals surface area contributed by atoms with Gasteiger partial charge in [0.1, 0.15) is 8.24 Å². The maximum absolute atomic E-state index is 2.53. The summed E-state index contributed by atoms with van der Waals surface area (Å²) in [5.74, 6) is 0. The fraction of sp³-hybridized carbons (Fsp3) is 0.818. The maximum Gasteiger partial charge on any atom is 0.127 e. The first-order valence-corrected chi connectivity index (χ1v) is 8.00. The van der Waals surface area contributed by atoms with E-state index in [9.17, 15) is 0 Å². The van der Waals surface area contributed by atoms with Crippen LogP contribution in [0.5, 0.6) is 0 Å². The molecule has 0 aliphatic heterocycles. The van der Waals surface area contributed by atoms with Crippen molar-refractivity contribution in [2.45, 2.75) is 45.8 Å². The molecule has 78 valence electrons. The molecule has 0 atom stereocenters. The Morgan fingerprint density at radius 3 is 2.00 bits per heavy atom. The van der Waals surface area contributed by atoms with Crippen LogP contribution >= 0.6 is 0 Å². The minimum atomic E-state index is -1.26. The molecule has 0 aromatic heterocycles. The van der Waals surface area contributed by atoms with Gasteiger partial charge in [0.25, 0.3) is 0 Å². The number of nitrogens with zero attached hydrogens (tertiary/aromatic N) is 1. The highest BCUT2D eigenvalue weighted by Gasteiger charge is 2.38. The van der Waals surface area contributed by atoms with Gasteiger partial charge in [0.15, 0.2) is 0 Å². The van der Waals surface area contributed by atoms with E-state index in [4.69, 9.17) is 0 Å². The molecule has 13 heavy (non-hydrogen) atoms. The van der Waals surface area contributed by atoms with Crippen LogP contribution in [-0.2, 0) is 0 Å². The maximum atomic E-state index is 2.53. The summed E-state index contributed by atoms with van der Waals surface area (Å²) < 4.78 is 2.53. The van der Waals surface area contributed by atoms with Crippen LogP contribution in [-0.4, -0.2) is 26.4 Å². The van der Waals surface area contributed by atoms with Crippen LogP contribution in [0.25, 0.3) is 0 Å². The fourth-order valence-electron chi connectivity index (χ4n) is 1.06. The summed E-state index contributed by atoms with van der Waals surface area (Å²) in [5, 5.41) is 0.448. The van der Waals surface area contributed by atoms with Crippen molar-refractivity contribution in [1.82, 2.24) is 4.57 Å². The second kappa shape index (κ2) is 4.42. The van der Waals surface area contributed by atoms with Crippen molar-refractivity contribution in [2.75, 3.05) is 13.6 Å². The fourth-order valence-corrected chi connectivity index (χ4v) is 2.77. The van der Waals surface area contributed by atoms with Crippen molar-refractivity contribution in [3.8, 4) is 0 Å². The average Bonchev–Trinajstić information content (AvgIpc) is 1.97. The molecule has 1 nitrogen and oxygen atoms in total. The van der Waals surface area contributed by atoms with Gasteiger partial charge in [-0.1, -0.05) is 46.0 Å². The minimum absolute atomic E-state index is 0.448. The van der Waals surface area contributed by atoms with Gasteiger partial charge >= 0.3 is 0 Å². The van der Waals surface area contributed by atoms with Gasteiger partial charge < -0.3 is 4.57 Å². The van der Waals surface area contributed by atoms with Crippen molar-refractivity contribution in [1.29, 1.82) is 0 Å². The number of likely N-dealkylation sites (N-methyl/N-ethyl adjacent to an activating group) is 1. The first kappa shape index (κ1) is 12.9. The normalized spacial score (nSPS) is 14.5. The Balaban J connectivity index is 4.44. The number of rotatable bonds is 3. The molecule has 0 aliphatic carbocycles. The minimum Gasteiger partial charge on any atom is -0.323 e. The Labute approximate surface area is 84.9 Å². The lowest BCUT2D eigenvalue weighted by atomic mass is 10.2. The molecule has 0 saturated carbocycles. The Morgan fingerprint density at radius 2 is 1.69 bits per heavy atom. The van der Waals surface area contributed by atoms with Crippen molar-refractivity contribution >= 4 is 8.24 Å². The van der Waals surface area contributed by atoms with Crippen LogP contribution < -0.4 is 0 Å². The van der Waals surface area contributed by atoms with Crippen LogP contribution in [0.4, 0.5) is 0 Å². The molecule has 0 saturated heterocycles. The van der Waals surface area contributed by atoms with Crippen LogP contribution in [0.1, 0.15) is 27.7 Å². The molecule has 0 radical (unpaired) electrons. The zero-order valence-corrected chi connectivity index (χ0v) is 11.3. The van der Waals surface area contributed by atoms with E-state index in [-0.39, 0.29) is 0 Å². The lowest BCUT2D eigenvalue weighted by molar-refractivity contribution is 0.512. The van der Waals surface area contributed by atoms with E-state index < -0.39 is 8.24 Å². The van der Waals surface area contributed by atoms with Gasteiger partial charge in [-0.05, 0) is 19.0 Å². The van der Waals surface area contributed by atoms with Gasteiger partial charge in [0.05, 0.1) is 0 Å². The van der Waals surface area contributed by atoms with Gasteiger partial charge in [0, 0.05) is 6.54 Å². The molecule has 2 heteroatoms. The summed E-state index contributed by atoms with van der Waals surface area (Å²) in [4.78, 5) is 0. The zero-order chi connectivity index (χ0) is 10.7. The molecule has 0 aliphatic rings. The molecule has 0 bridgehead atoms. The van der Waals surface area contributed by atoms with Gasteiger partial charge in [-0.15, -0.1) is 0 Å². The summed E-state index contributed by atoms with van der Waals surface area (Å²) in [6, 6.07) is 0. The van der Waals surface area contributed by atoms with E-state index in [0.717, 1.165) is 6.54 Å². The third-order valence-corrected chi connectivity index (χ3v) is 9.17. The van der Waals surface area contributed by atoms with E-state index in [0.29, 0.717) is 5.04 Å². The molecule has 0 fully saturated rings. The quantitative estimate of drug-likeness (QED) is 0.497. The average molecular weight is 199 g/mol. The highest BCUT2D eigenvalue weighted by Crippen LogP contribution is 2.37. The van der Waals surface area contributed by atoms with Crippen molar-refractivity contribution in [2.24, 2.45) is 0 Å². The Kier molecular flexibility index (Phi) is 4.40. The van der Waals surface area contributed by atoms with Gasteiger partial charge in [-0.2, -0.15) is 0 Å². The summed E-state index contributed by atoms with van der Waals surface area (Å²) in [6.45, 7) is 15.1. The van der Waals surface area contributed by atoms with Gasteiger partial charge in [0.2, 0.25) is 0 Å². The second-order valence-electron chi connectivity index (χ2n) is 5.26. The Bertz CT molecular complexity index is 177. The van der Waals surface area contributed by atoms with E-state index in [1.54, 1.807) is 0 Å². The first-order valence-electron chi connectivity index (χ1n) is 5.06. The van der Waals surface area contributed by atoms with E-state index >= 15 is 0 Å². The Morgan fingerprint density at radius 1 is 1.23 bits per heavy atom. The Hall–Kier alpha value is -0.0831. The molecule has 0 aromatic carbocycles. The van der Waals surface area contributed by atoms with Crippen molar-refractivity contribution in [3.63, 3.8) is 0 Å². The molecule has 0 N–H and O–H groups in total. The van der Waals surface area contributed by atoms with Crippen LogP contribution in [0.15, 0.2) is 12.2 Å². The summed E-state index contributed by atoms with van der Waals surface area (Å²) in [5.41, 5.74) is 0. The summed E-state index contributed by atoms with van der Waals surface area (Å²) in [7, 11) is 0.984. The zero-order valence-electron chi connectivity index (χ0n) is 10.3. The van der Waals surface area contributed by atoms with E-state index in [1.165, 1.54) is 0 Å². The third kappa shape index (κ3) is 3.28. The number of allylic oxidation sites excluding steroid dienone is 1. The lowest BCUT2D eigenvalue weighted by Gasteiger charge is -2.43. The summed E-state index contributed by atoms with van der Waals surface area (Å²) in [6.07, 6.45) is 4.37. The third-order valence-electron chi connectivity index (χ3n) is 3.40. The molecule has 0 unspecified atom stereocenters. The number of hydrogen-bond donors (Lipinski definition) is 0. The van der Waals surface area contributed by atoms with Crippen LogP contribution in [0.2, 0.25) is 18.1 Å². The molecule has 0 amide bonds. The standard InChI is InChI=1S/C11H25NSi/c1-8-9-10-12(5)13(6,7)11(2,3)4/h8-9H,10H2,1-7H3. The van der Waals surface area contributed by atoms with Crippen molar-refractivity contribution in [3.05, 3.63) is 12.2 Å². The topological polar surface area (TPSA) is 3.24 Å². The lowest BCUT2D eigenvalue weighted by Crippen LogP contribution is -2.52. The van der Waals surface area contributed by atoms with E-state index in [2.05, 4.69) is 64.6 Å². The molecule has 0 rings (SSSR count).